The number of nitrogens with zero attached hydrogens (tertiary/aromatic N) is 1. The Morgan fingerprint density at radius 2 is 1.62 bits per heavy atom. The summed E-state index contributed by atoms with van der Waals surface area (Å²) in [5, 5.41) is 1.04. The van der Waals surface area contributed by atoms with Crippen LogP contribution < -0.4 is 9.46 Å². The largest absolute Gasteiger partial charge is 0.492 e. The topological polar surface area (TPSA) is 92.8 Å². The Labute approximate surface area is 173 Å². The van der Waals surface area contributed by atoms with Gasteiger partial charge in [0.2, 0.25) is 10.0 Å². The van der Waals surface area contributed by atoms with Crippen LogP contribution in [-0.2, 0) is 20.0 Å². The summed E-state index contributed by atoms with van der Waals surface area (Å²) in [6.07, 6.45) is 1.46. The van der Waals surface area contributed by atoms with Crippen LogP contribution in [0.15, 0.2) is 58.8 Å². The monoisotopic (exact) mass is 438 g/mol. The molecule has 0 heterocycles. The van der Waals surface area contributed by atoms with Crippen molar-refractivity contribution in [1.82, 2.24) is 4.31 Å². The van der Waals surface area contributed by atoms with Crippen molar-refractivity contribution in [2.45, 2.75) is 25.7 Å². The molecule has 0 aliphatic rings. The molecular weight excluding hydrogens is 412 g/mol. The second kappa shape index (κ2) is 9.91. The van der Waals surface area contributed by atoms with Gasteiger partial charge in [0.1, 0.15) is 10.6 Å². The van der Waals surface area contributed by atoms with Crippen molar-refractivity contribution in [3.05, 3.63) is 59.5 Å². The van der Waals surface area contributed by atoms with Crippen molar-refractivity contribution < 1.29 is 21.6 Å². The molecule has 0 aromatic heterocycles. The van der Waals surface area contributed by atoms with E-state index in [1.165, 1.54) is 28.6 Å². The molecule has 7 nitrogen and oxygen atoms in total. The first kappa shape index (κ1) is 22.9. The van der Waals surface area contributed by atoms with E-state index in [4.69, 9.17) is 4.74 Å². The maximum Gasteiger partial charge on any atom is 0.255 e. The number of sulfonamides is 2. The SMILES string of the molecule is CCOc1ccc(NS(=O)(=O)/C=C/c2ccccc2)cc1S(=O)(=O)N(CC)CC. The van der Waals surface area contributed by atoms with Gasteiger partial charge in [-0.25, -0.2) is 16.8 Å². The van der Waals surface area contributed by atoms with Gasteiger partial charge in [-0.05, 0) is 36.8 Å². The Morgan fingerprint density at radius 1 is 0.966 bits per heavy atom. The molecule has 29 heavy (non-hydrogen) atoms. The van der Waals surface area contributed by atoms with Crippen molar-refractivity contribution in [3.8, 4) is 5.75 Å². The summed E-state index contributed by atoms with van der Waals surface area (Å²) in [5.74, 6) is 0.183. The van der Waals surface area contributed by atoms with Crippen LogP contribution in [0.2, 0.25) is 0 Å². The Bertz CT molecular complexity index is 1050. The smallest absolute Gasteiger partial charge is 0.255 e. The number of ether oxygens (including phenoxy) is 1. The molecule has 0 saturated carbocycles. The molecule has 0 radical (unpaired) electrons. The van der Waals surface area contributed by atoms with E-state index in [0.717, 1.165) is 11.0 Å². The number of hydrogen-bond acceptors (Lipinski definition) is 5. The van der Waals surface area contributed by atoms with E-state index in [1.807, 2.05) is 6.07 Å². The van der Waals surface area contributed by atoms with Gasteiger partial charge in [-0.2, -0.15) is 4.31 Å². The van der Waals surface area contributed by atoms with Crippen LogP contribution in [0.5, 0.6) is 5.75 Å². The predicted octanol–water partition coefficient (Wildman–Crippen LogP) is 3.53. The van der Waals surface area contributed by atoms with E-state index in [2.05, 4.69) is 4.72 Å². The minimum absolute atomic E-state index is 0.0738. The maximum absolute atomic E-state index is 13.0. The molecule has 1 N–H and O–H groups in total. The summed E-state index contributed by atoms with van der Waals surface area (Å²) in [5.41, 5.74) is 0.867. The van der Waals surface area contributed by atoms with Gasteiger partial charge in [0.05, 0.1) is 17.7 Å². The highest BCUT2D eigenvalue weighted by Crippen LogP contribution is 2.30. The lowest BCUT2D eigenvalue weighted by Crippen LogP contribution is -2.31. The van der Waals surface area contributed by atoms with E-state index in [1.54, 1.807) is 45.0 Å². The van der Waals surface area contributed by atoms with Crippen molar-refractivity contribution in [2.75, 3.05) is 24.4 Å². The molecule has 0 saturated heterocycles. The summed E-state index contributed by atoms with van der Waals surface area (Å²) in [6, 6.07) is 13.2. The van der Waals surface area contributed by atoms with Gasteiger partial charge in [0, 0.05) is 13.1 Å². The number of nitrogens with one attached hydrogen (secondary N) is 1. The van der Waals surface area contributed by atoms with E-state index in [-0.39, 0.29) is 22.9 Å². The second-order valence-electron chi connectivity index (χ2n) is 6.04. The van der Waals surface area contributed by atoms with Crippen molar-refractivity contribution >= 4 is 31.8 Å². The quantitative estimate of drug-likeness (QED) is 0.613. The molecule has 0 bridgehead atoms. The summed E-state index contributed by atoms with van der Waals surface area (Å²) in [4.78, 5) is -0.0738. The first-order valence-corrected chi connectivity index (χ1v) is 12.2. The third kappa shape index (κ3) is 6.06. The number of rotatable bonds is 10. The molecule has 2 rings (SSSR count). The minimum Gasteiger partial charge on any atom is -0.492 e. The lowest BCUT2D eigenvalue weighted by atomic mass is 10.2. The standard InChI is InChI=1S/C20H26N2O5S2/c1-4-22(5-2)29(25,26)20-16-18(12-13-19(20)27-6-3)21-28(23,24)15-14-17-10-8-7-9-11-17/h7-16,21H,4-6H2,1-3H3/b15-14+. The van der Waals surface area contributed by atoms with E-state index >= 15 is 0 Å². The molecule has 0 atom stereocenters. The Hall–Kier alpha value is -2.36. The molecule has 0 aliphatic heterocycles. The molecule has 0 fully saturated rings. The molecule has 0 spiro atoms. The van der Waals surface area contributed by atoms with Crippen LogP contribution in [0.4, 0.5) is 5.69 Å². The fraction of sp³-hybridized carbons (Fsp3) is 0.300. The number of anilines is 1. The van der Waals surface area contributed by atoms with Gasteiger partial charge in [-0.3, -0.25) is 4.72 Å². The zero-order valence-electron chi connectivity index (χ0n) is 16.7. The number of benzene rings is 2. The molecule has 0 unspecified atom stereocenters. The Morgan fingerprint density at radius 3 is 2.21 bits per heavy atom. The molecule has 9 heteroatoms. The Balaban J connectivity index is 2.38. The highest BCUT2D eigenvalue weighted by molar-refractivity contribution is 7.95. The number of hydrogen-bond donors (Lipinski definition) is 1. The molecular formula is C20H26N2O5S2. The lowest BCUT2D eigenvalue weighted by Gasteiger charge is -2.21. The highest BCUT2D eigenvalue weighted by atomic mass is 32.2. The molecule has 158 valence electrons. The summed E-state index contributed by atoms with van der Waals surface area (Å²) in [6.45, 7) is 6.09. The van der Waals surface area contributed by atoms with Crippen LogP contribution in [0, 0.1) is 0 Å². The zero-order valence-corrected chi connectivity index (χ0v) is 18.3. The van der Waals surface area contributed by atoms with Gasteiger partial charge in [-0.15, -0.1) is 0 Å². The normalized spacial score (nSPS) is 12.4. The fourth-order valence-electron chi connectivity index (χ4n) is 2.68. The van der Waals surface area contributed by atoms with E-state index in [0.29, 0.717) is 13.1 Å². The zero-order chi connectivity index (χ0) is 21.5. The summed E-state index contributed by atoms with van der Waals surface area (Å²) in [7, 11) is -7.66. The van der Waals surface area contributed by atoms with Gasteiger partial charge >= 0.3 is 0 Å². The average molecular weight is 439 g/mol. The first-order chi connectivity index (χ1) is 13.7. The second-order valence-corrected chi connectivity index (χ2v) is 9.52. The van der Waals surface area contributed by atoms with Crippen LogP contribution in [0.1, 0.15) is 26.3 Å². The van der Waals surface area contributed by atoms with Crippen LogP contribution in [-0.4, -0.2) is 40.8 Å². The van der Waals surface area contributed by atoms with Crippen LogP contribution in [0.25, 0.3) is 6.08 Å². The van der Waals surface area contributed by atoms with Crippen molar-refractivity contribution in [2.24, 2.45) is 0 Å². The fourth-order valence-corrected chi connectivity index (χ4v) is 5.16. The highest BCUT2D eigenvalue weighted by Gasteiger charge is 2.26. The molecule has 0 aliphatic carbocycles. The van der Waals surface area contributed by atoms with Crippen molar-refractivity contribution in [3.63, 3.8) is 0 Å². The molecule has 2 aromatic rings. The predicted molar refractivity (Wildman–Crippen MR) is 116 cm³/mol. The van der Waals surface area contributed by atoms with Crippen LogP contribution in [0.3, 0.4) is 0 Å². The average Bonchev–Trinajstić information content (AvgIpc) is 2.69. The van der Waals surface area contributed by atoms with E-state index < -0.39 is 20.0 Å². The lowest BCUT2D eigenvalue weighted by molar-refractivity contribution is 0.329. The molecule has 2 aromatic carbocycles. The van der Waals surface area contributed by atoms with E-state index in [9.17, 15) is 16.8 Å². The maximum atomic E-state index is 13.0. The van der Waals surface area contributed by atoms with Crippen LogP contribution >= 0.6 is 0 Å². The van der Waals surface area contributed by atoms with Gasteiger partial charge in [0.25, 0.3) is 10.0 Å². The first-order valence-electron chi connectivity index (χ1n) is 9.26. The summed E-state index contributed by atoms with van der Waals surface area (Å²) >= 11 is 0. The van der Waals surface area contributed by atoms with Gasteiger partial charge < -0.3 is 4.74 Å². The van der Waals surface area contributed by atoms with Gasteiger partial charge in [0.15, 0.2) is 0 Å². The Kier molecular flexibility index (Phi) is 7.83. The van der Waals surface area contributed by atoms with Gasteiger partial charge in [-0.1, -0.05) is 44.2 Å². The third-order valence-electron chi connectivity index (χ3n) is 4.07. The third-order valence-corrected chi connectivity index (χ3v) is 7.15. The summed E-state index contributed by atoms with van der Waals surface area (Å²) < 4.78 is 59.9. The molecule has 0 amide bonds. The minimum atomic E-state index is -3.83. The van der Waals surface area contributed by atoms with Crippen molar-refractivity contribution in [1.29, 1.82) is 0 Å².